The summed E-state index contributed by atoms with van der Waals surface area (Å²) in [6.07, 6.45) is 3.18. The van der Waals surface area contributed by atoms with E-state index in [-0.39, 0.29) is 22.1 Å². The molecule has 7 nitrogen and oxygen atoms in total. The zero-order chi connectivity index (χ0) is 14.0. The van der Waals surface area contributed by atoms with Crippen molar-refractivity contribution >= 4 is 26.0 Å². The van der Waals surface area contributed by atoms with Crippen molar-refractivity contribution in [3.63, 3.8) is 0 Å². The normalized spacial score (nSPS) is 24.6. The summed E-state index contributed by atoms with van der Waals surface area (Å²) >= 11 is 3.07. The summed E-state index contributed by atoms with van der Waals surface area (Å²) in [6.45, 7) is 0.237. The van der Waals surface area contributed by atoms with E-state index >= 15 is 0 Å². The molecule has 1 heterocycles. The quantitative estimate of drug-likeness (QED) is 0.817. The largest absolute Gasteiger partial charge is 0.393 e. The lowest BCUT2D eigenvalue weighted by Crippen LogP contribution is -2.37. The molecule has 0 aromatic carbocycles. The standard InChI is InChI=1S/C10H17BrN4O3S/c1-15-10(9(11)13-14-15)19(17,18)12-6-7-4-2-3-5-8(7)16/h7-8,12,16H,2-6H2,1H3. The minimum Gasteiger partial charge on any atom is -0.393 e. The lowest BCUT2D eigenvalue weighted by atomic mass is 9.87. The molecule has 0 bridgehead atoms. The van der Waals surface area contributed by atoms with Gasteiger partial charge in [-0.3, -0.25) is 0 Å². The first-order valence-electron chi connectivity index (χ1n) is 6.14. The Morgan fingerprint density at radius 3 is 2.74 bits per heavy atom. The number of rotatable bonds is 4. The predicted octanol–water partition coefficient (Wildman–Crippen LogP) is 0.407. The van der Waals surface area contributed by atoms with E-state index in [1.807, 2.05) is 0 Å². The van der Waals surface area contributed by atoms with Gasteiger partial charge in [0.15, 0.2) is 4.60 Å². The highest BCUT2D eigenvalue weighted by Gasteiger charge is 2.28. The second kappa shape index (κ2) is 5.86. The first kappa shape index (κ1) is 14.9. The second-order valence-electron chi connectivity index (χ2n) is 4.77. The van der Waals surface area contributed by atoms with Crippen LogP contribution in [0.3, 0.4) is 0 Å². The monoisotopic (exact) mass is 352 g/mol. The molecule has 1 aliphatic rings. The molecule has 9 heteroatoms. The molecule has 0 radical (unpaired) electrons. The predicted molar refractivity (Wildman–Crippen MR) is 71.9 cm³/mol. The van der Waals surface area contributed by atoms with Crippen LogP contribution in [0, 0.1) is 5.92 Å². The molecule has 2 rings (SSSR count). The van der Waals surface area contributed by atoms with E-state index in [4.69, 9.17) is 0 Å². The van der Waals surface area contributed by atoms with Gasteiger partial charge in [0.25, 0.3) is 10.0 Å². The second-order valence-corrected chi connectivity index (χ2v) is 7.21. The van der Waals surface area contributed by atoms with Crippen LogP contribution in [0.5, 0.6) is 0 Å². The number of aryl methyl sites for hydroxylation is 1. The highest BCUT2D eigenvalue weighted by atomic mass is 79.9. The van der Waals surface area contributed by atoms with Crippen LogP contribution in [0.25, 0.3) is 0 Å². The number of halogens is 1. The number of sulfonamides is 1. The molecule has 0 amide bonds. The first-order chi connectivity index (χ1) is 8.92. The van der Waals surface area contributed by atoms with Gasteiger partial charge in [-0.15, -0.1) is 5.10 Å². The number of nitrogens with zero attached hydrogens (tertiary/aromatic N) is 3. The molecule has 108 valence electrons. The van der Waals surface area contributed by atoms with Crippen molar-refractivity contribution in [2.75, 3.05) is 6.54 Å². The topological polar surface area (TPSA) is 97.1 Å². The number of hydrogen-bond acceptors (Lipinski definition) is 5. The SMILES string of the molecule is Cn1nnc(Br)c1S(=O)(=O)NCC1CCCCC1O. The number of aromatic nitrogens is 3. The molecule has 1 aromatic rings. The Balaban J connectivity index is 2.06. The third-order valence-corrected chi connectivity index (χ3v) is 5.71. The van der Waals surface area contributed by atoms with Crippen LogP contribution in [0.4, 0.5) is 0 Å². The minimum atomic E-state index is -3.67. The molecule has 0 spiro atoms. The Kier molecular flexibility index (Phi) is 4.59. The van der Waals surface area contributed by atoms with Crippen LogP contribution < -0.4 is 4.72 Å². The molecule has 1 fully saturated rings. The van der Waals surface area contributed by atoms with Crippen LogP contribution in [0.15, 0.2) is 9.63 Å². The van der Waals surface area contributed by atoms with Crippen molar-refractivity contribution < 1.29 is 13.5 Å². The molecule has 1 saturated carbocycles. The zero-order valence-corrected chi connectivity index (χ0v) is 13.0. The van der Waals surface area contributed by atoms with Crippen molar-refractivity contribution in [1.82, 2.24) is 19.7 Å². The summed E-state index contributed by atoms with van der Waals surface area (Å²) in [6, 6.07) is 0. The Bertz CT molecular complexity index is 525. The third kappa shape index (κ3) is 3.33. The lowest BCUT2D eigenvalue weighted by Gasteiger charge is -2.27. The molecular formula is C10H17BrN4O3S. The maximum absolute atomic E-state index is 12.2. The number of aliphatic hydroxyl groups is 1. The van der Waals surface area contributed by atoms with Crippen LogP contribution in [-0.4, -0.2) is 41.2 Å². The Morgan fingerprint density at radius 1 is 1.47 bits per heavy atom. The van der Waals surface area contributed by atoms with Gasteiger partial charge in [0.2, 0.25) is 5.03 Å². The van der Waals surface area contributed by atoms with Gasteiger partial charge in [0.05, 0.1) is 6.10 Å². The summed E-state index contributed by atoms with van der Waals surface area (Å²) in [5.74, 6) is -0.0245. The Labute approximate surface area is 120 Å². The molecule has 1 aromatic heterocycles. The molecule has 2 atom stereocenters. The van der Waals surface area contributed by atoms with E-state index in [0.717, 1.165) is 25.7 Å². The molecule has 0 saturated heterocycles. The van der Waals surface area contributed by atoms with E-state index in [2.05, 4.69) is 31.0 Å². The molecule has 2 unspecified atom stereocenters. The van der Waals surface area contributed by atoms with E-state index in [1.54, 1.807) is 0 Å². The van der Waals surface area contributed by atoms with E-state index < -0.39 is 16.1 Å². The fourth-order valence-electron chi connectivity index (χ4n) is 2.32. The van der Waals surface area contributed by atoms with Gasteiger partial charge in [-0.25, -0.2) is 17.8 Å². The highest BCUT2D eigenvalue weighted by Crippen LogP contribution is 2.24. The fraction of sp³-hybridized carbons (Fsp3) is 0.800. The molecule has 0 aliphatic heterocycles. The maximum Gasteiger partial charge on any atom is 0.260 e. The molecular weight excluding hydrogens is 336 g/mol. The van der Waals surface area contributed by atoms with Crippen LogP contribution in [0.2, 0.25) is 0 Å². The van der Waals surface area contributed by atoms with Gasteiger partial charge in [-0.05, 0) is 34.7 Å². The number of nitrogens with one attached hydrogen (secondary N) is 1. The molecule has 2 N–H and O–H groups in total. The summed E-state index contributed by atoms with van der Waals surface area (Å²) in [5, 5.41) is 17.1. The highest BCUT2D eigenvalue weighted by molar-refractivity contribution is 9.10. The number of aliphatic hydroxyl groups excluding tert-OH is 1. The summed E-state index contributed by atoms with van der Waals surface area (Å²) in [7, 11) is -2.16. The van der Waals surface area contributed by atoms with E-state index in [9.17, 15) is 13.5 Å². The van der Waals surface area contributed by atoms with E-state index in [1.165, 1.54) is 11.7 Å². The lowest BCUT2D eigenvalue weighted by molar-refractivity contribution is 0.0724. The summed E-state index contributed by atoms with van der Waals surface area (Å²) in [4.78, 5) is 0. The molecule has 1 aliphatic carbocycles. The van der Waals surface area contributed by atoms with E-state index in [0.29, 0.717) is 0 Å². The van der Waals surface area contributed by atoms with Crippen LogP contribution >= 0.6 is 15.9 Å². The Hall–Kier alpha value is -0.510. The first-order valence-corrected chi connectivity index (χ1v) is 8.42. The fourth-order valence-corrected chi connectivity index (χ4v) is 4.50. The van der Waals surface area contributed by atoms with Gasteiger partial charge in [-0.2, -0.15) is 0 Å². The average Bonchev–Trinajstić information content (AvgIpc) is 2.69. The smallest absolute Gasteiger partial charge is 0.260 e. The van der Waals surface area contributed by atoms with Gasteiger partial charge in [-0.1, -0.05) is 18.1 Å². The minimum absolute atomic E-state index is 0.00204. The summed E-state index contributed by atoms with van der Waals surface area (Å²) in [5.41, 5.74) is 0. The van der Waals surface area contributed by atoms with Crippen molar-refractivity contribution in [2.24, 2.45) is 13.0 Å². The van der Waals surface area contributed by atoms with Gasteiger partial charge >= 0.3 is 0 Å². The average molecular weight is 353 g/mol. The van der Waals surface area contributed by atoms with Gasteiger partial charge < -0.3 is 5.11 Å². The maximum atomic E-state index is 12.2. The van der Waals surface area contributed by atoms with Crippen LogP contribution in [-0.2, 0) is 17.1 Å². The molecule has 19 heavy (non-hydrogen) atoms. The third-order valence-electron chi connectivity index (χ3n) is 3.40. The number of hydrogen-bond donors (Lipinski definition) is 2. The van der Waals surface area contributed by atoms with Crippen molar-refractivity contribution in [1.29, 1.82) is 0 Å². The van der Waals surface area contributed by atoms with Gasteiger partial charge in [0, 0.05) is 13.6 Å². The van der Waals surface area contributed by atoms with Crippen molar-refractivity contribution in [2.45, 2.75) is 36.8 Å². The van der Waals surface area contributed by atoms with Gasteiger partial charge in [0.1, 0.15) is 0 Å². The van der Waals surface area contributed by atoms with Crippen molar-refractivity contribution in [3.05, 3.63) is 4.60 Å². The Morgan fingerprint density at radius 2 is 2.16 bits per heavy atom. The summed E-state index contributed by atoms with van der Waals surface area (Å²) < 4.78 is 28.2. The zero-order valence-electron chi connectivity index (χ0n) is 10.6. The van der Waals surface area contributed by atoms with Crippen molar-refractivity contribution in [3.8, 4) is 0 Å². The van der Waals surface area contributed by atoms with Crippen LogP contribution in [0.1, 0.15) is 25.7 Å².